The predicted molar refractivity (Wildman–Crippen MR) is 84.1 cm³/mol. The summed E-state index contributed by atoms with van der Waals surface area (Å²) in [5.41, 5.74) is 1.02. The molecule has 0 saturated carbocycles. The molecule has 0 spiro atoms. The minimum atomic E-state index is -1.16. The molecular weight excluding hydrogens is 318 g/mol. The number of anilines is 1. The first-order valence-corrected chi connectivity index (χ1v) is 7.16. The van der Waals surface area contributed by atoms with Crippen molar-refractivity contribution in [3.05, 3.63) is 65.2 Å². The minimum absolute atomic E-state index is 0.192. The van der Waals surface area contributed by atoms with Gasteiger partial charge in [0.25, 0.3) is 0 Å². The lowest BCUT2D eigenvalue weighted by molar-refractivity contribution is -0.136. The van der Waals surface area contributed by atoms with Crippen LogP contribution in [0.5, 0.6) is 0 Å². The molecule has 2 rings (SSSR count). The first kappa shape index (κ1) is 17.6. The van der Waals surface area contributed by atoms with Crippen molar-refractivity contribution in [2.24, 2.45) is 0 Å². The van der Waals surface area contributed by atoms with Crippen molar-refractivity contribution in [3.63, 3.8) is 0 Å². The molecule has 1 unspecified atom stereocenters. The number of aliphatic hydroxyl groups excluding tert-OH is 1. The Labute approximate surface area is 137 Å². The smallest absolute Gasteiger partial charge is 0.313 e. The molecule has 0 aliphatic carbocycles. The standard InChI is InChI=1S/C17H16F2N2O3/c1-10-4-2-3-5-12(10)15(22)9-20-16(23)17(24)21-14-8-11(18)6-7-13(14)19/h2-8,15,22H,9H2,1H3,(H,20,23)(H,21,24). The van der Waals surface area contributed by atoms with Crippen LogP contribution in [0, 0.1) is 18.6 Å². The second-order valence-electron chi connectivity index (χ2n) is 5.16. The van der Waals surface area contributed by atoms with Crippen molar-refractivity contribution in [2.45, 2.75) is 13.0 Å². The monoisotopic (exact) mass is 334 g/mol. The van der Waals surface area contributed by atoms with Gasteiger partial charge in [0, 0.05) is 12.6 Å². The fourth-order valence-electron chi connectivity index (χ4n) is 2.11. The number of aliphatic hydroxyl groups is 1. The van der Waals surface area contributed by atoms with Gasteiger partial charge in [-0.15, -0.1) is 0 Å². The maximum atomic E-state index is 13.4. The highest BCUT2D eigenvalue weighted by Gasteiger charge is 2.18. The van der Waals surface area contributed by atoms with Gasteiger partial charge in [-0.05, 0) is 30.2 Å². The van der Waals surface area contributed by atoms with Crippen molar-refractivity contribution >= 4 is 17.5 Å². The van der Waals surface area contributed by atoms with Gasteiger partial charge in [-0.1, -0.05) is 24.3 Å². The quantitative estimate of drug-likeness (QED) is 0.749. The van der Waals surface area contributed by atoms with Crippen LogP contribution in [0.15, 0.2) is 42.5 Å². The minimum Gasteiger partial charge on any atom is -0.387 e. The van der Waals surface area contributed by atoms with Crippen molar-refractivity contribution < 1.29 is 23.5 Å². The lowest BCUT2D eigenvalue weighted by Crippen LogP contribution is -2.37. The molecule has 0 heterocycles. The Kier molecular flexibility index (Phi) is 5.59. The van der Waals surface area contributed by atoms with Gasteiger partial charge in [0.15, 0.2) is 0 Å². The third-order valence-corrected chi connectivity index (χ3v) is 3.39. The van der Waals surface area contributed by atoms with Crippen LogP contribution in [0.25, 0.3) is 0 Å². The van der Waals surface area contributed by atoms with Crippen molar-refractivity contribution in [1.29, 1.82) is 0 Å². The zero-order valence-electron chi connectivity index (χ0n) is 12.8. The lowest BCUT2D eigenvalue weighted by atomic mass is 10.0. The third kappa shape index (κ3) is 4.36. The van der Waals surface area contributed by atoms with E-state index < -0.39 is 35.2 Å². The summed E-state index contributed by atoms with van der Waals surface area (Å²) in [6.07, 6.45) is -0.992. The topological polar surface area (TPSA) is 78.4 Å². The molecule has 126 valence electrons. The van der Waals surface area contributed by atoms with Crippen LogP contribution in [-0.2, 0) is 9.59 Å². The van der Waals surface area contributed by atoms with E-state index in [1.165, 1.54) is 0 Å². The molecule has 0 aromatic heterocycles. The highest BCUT2D eigenvalue weighted by atomic mass is 19.1. The molecule has 0 saturated heterocycles. The van der Waals surface area contributed by atoms with Crippen LogP contribution in [0.4, 0.5) is 14.5 Å². The number of amides is 2. The molecule has 0 aliphatic heterocycles. The van der Waals surface area contributed by atoms with Gasteiger partial charge < -0.3 is 15.7 Å². The van der Waals surface area contributed by atoms with Crippen LogP contribution in [0.2, 0.25) is 0 Å². The summed E-state index contributed by atoms with van der Waals surface area (Å²) in [7, 11) is 0. The van der Waals surface area contributed by atoms with Crippen molar-refractivity contribution in [1.82, 2.24) is 5.32 Å². The van der Waals surface area contributed by atoms with E-state index in [2.05, 4.69) is 5.32 Å². The van der Waals surface area contributed by atoms with Crippen molar-refractivity contribution in [3.8, 4) is 0 Å². The van der Waals surface area contributed by atoms with Crippen molar-refractivity contribution in [2.75, 3.05) is 11.9 Å². The molecule has 24 heavy (non-hydrogen) atoms. The predicted octanol–water partition coefficient (Wildman–Crippen LogP) is 2.06. The van der Waals surface area contributed by atoms with Crippen LogP contribution < -0.4 is 10.6 Å². The number of nitrogens with one attached hydrogen (secondary N) is 2. The lowest BCUT2D eigenvalue weighted by Gasteiger charge is -2.14. The Hall–Kier alpha value is -2.80. The maximum absolute atomic E-state index is 13.4. The summed E-state index contributed by atoms with van der Waals surface area (Å²) in [5, 5.41) is 14.3. The van der Waals surface area contributed by atoms with Crippen LogP contribution >= 0.6 is 0 Å². The first-order valence-electron chi connectivity index (χ1n) is 7.16. The number of aryl methyl sites for hydroxylation is 1. The highest BCUT2D eigenvalue weighted by molar-refractivity contribution is 6.39. The van der Waals surface area contributed by atoms with Gasteiger partial charge in [-0.2, -0.15) is 0 Å². The van der Waals surface area contributed by atoms with E-state index in [4.69, 9.17) is 0 Å². The molecule has 0 radical (unpaired) electrons. The number of hydrogen-bond acceptors (Lipinski definition) is 3. The molecule has 2 aromatic rings. The summed E-state index contributed by atoms with van der Waals surface area (Å²) < 4.78 is 26.4. The van der Waals surface area contributed by atoms with Gasteiger partial charge in [0.1, 0.15) is 11.6 Å². The highest BCUT2D eigenvalue weighted by Crippen LogP contribution is 2.17. The number of rotatable bonds is 4. The number of benzene rings is 2. The van der Waals surface area contributed by atoms with Gasteiger partial charge in [-0.3, -0.25) is 9.59 Å². The molecule has 5 nitrogen and oxygen atoms in total. The van der Waals surface area contributed by atoms with Crippen LogP contribution in [-0.4, -0.2) is 23.5 Å². The zero-order chi connectivity index (χ0) is 17.7. The summed E-state index contributed by atoms with van der Waals surface area (Å²) in [5.74, 6) is -3.83. The number of carbonyl (C=O) groups excluding carboxylic acids is 2. The van der Waals surface area contributed by atoms with E-state index in [9.17, 15) is 23.5 Å². The number of carbonyl (C=O) groups is 2. The third-order valence-electron chi connectivity index (χ3n) is 3.39. The molecule has 2 amide bonds. The first-order chi connectivity index (χ1) is 11.4. The molecular formula is C17H16F2N2O3. The average Bonchev–Trinajstić information content (AvgIpc) is 2.56. The van der Waals surface area contributed by atoms with Gasteiger partial charge in [0.05, 0.1) is 11.8 Å². The molecule has 3 N–H and O–H groups in total. The van der Waals surface area contributed by atoms with E-state index >= 15 is 0 Å². The summed E-state index contributed by atoms with van der Waals surface area (Å²) in [6.45, 7) is 1.61. The molecule has 7 heteroatoms. The summed E-state index contributed by atoms with van der Waals surface area (Å²) >= 11 is 0. The summed E-state index contributed by atoms with van der Waals surface area (Å²) in [4.78, 5) is 23.4. The molecule has 0 fully saturated rings. The fourth-order valence-corrected chi connectivity index (χ4v) is 2.11. The van der Waals surface area contributed by atoms with E-state index in [1.807, 2.05) is 11.4 Å². The number of hydrogen-bond donors (Lipinski definition) is 3. The second-order valence-corrected chi connectivity index (χ2v) is 5.16. The van der Waals surface area contributed by atoms with E-state index in [1.54, 1.807) is 25.1 Å². The Bertz CT molecular complexity index is 765. The van der Waals surface area contributed by atoms with E-state index in [-0.39, 0.29) is 6.54 Å². The Morgan fingerprint density at radius 1 is 1.12 bits per heavy atom. The van der Waals surface area contributed by atoms with Crippen LogP contribution in [0.1, 0.15) is 17.2 Å². The number of halogens is 2. The summed E-state index contributed by atoms with van der Waals surface area (Å²) in [6, 6.07) is 9.56. The van der Waals surface area contributed by atoms with Crippen LogP contribution in [0.3, 0.4) is 0 Å². The van der Waals surface area contributed by atoms with E-state index in [0.717, 1.165) is 23.8 Å². The van der Waals surface area contributed by atoms with Gasteiger partial charge in [0.2, 0.25) is 0 Å². The Morgan fingerprint density at radius 3 is 2.54 bits per heavy atom. The molecule has 0 bridgehead atoms. The molecule has 2 aromatic carbocycles. The van der Waals surface area contributed by atoms with Gasteiger partial charge >= 0.3 is 11.8 Å². The maximum Gasteiger partial charge on any atom is 0.313 e. The van der Waals surface area contributed by atoms with Gasteiger partial charge in [-0.25, -0.2) is 8.78 Å². The largest absolute Gasteiger partial charge is 0.387 e. The Balaban J connectivity index is 1.93. The Morgan fingerprint density at radius 2 is 1.83 bits per heavy atom. The molecule has 0 aliphatic rings. The second kappa shape index (κ2) is 7.65. The SMILES string of the molecule is Cc1ccccc1C(O)CNC(=O)C(=O)Nc1cc(F)ccc1F. The fraction of sp³-hybridized carbons (Fsp3) is 0.176. The zero-order valence-corrected chi connectivity index (χ0v) is 12.8. The average molecular weight is 334 g/mol. The normalized spacial score (nSPS) is 11.7. The molecule has 1 atom stereocenters. The van der Waals surface area contributed by atoms with E-state index in [0.29, 0.717) is 5.56 Å².